The van der Waals surface area contributed by atoms with E-state index in [0.717, 1.165) is 52.8 Å². The Morgan fingerprint density at radius 3 is 2.50 bits per heavy atom. The summed E-state index contributed by atoms with van der Waals surface area (Å²) in [5.41, 5.74) is 2.47. The Hall–Kier alpha value is -1.94. The number of rotatable bonds is 1. The number of furan rings is 2. The van der Waals surface area contributed by atoms with Crippen molar-refractivity contribution in [2.24, 2.45) is 0 Å². The van der Waals surface area contributed by atoms with Crippen molar-refractivity contribution in [3.8, 4) is 5.75 Å². The standard InChI is InChI=1S/C16H17NO3/c1-8-6-10-13(12-4-3-5-17-12)15-11(7-9(2)19-15)14(18)16(10)20-8/h6-7,12,17-18H,3-5H2,1-2H3. The molecule has 0 radical (unpaired) electrons. The van der Waals surface area contributed by atoms with Gasteiger partial charge in [0.15, 0.2) is 11.3 Å². The van der Waals surface area contributed by atoms with Gasteiger partial charge in [-0.2, -0.15) is 0 Å². The maximum Gasteiger partial charge on any atom is 0.177 e. The molecule has 20 heavy (non-hydrogen) atoms. The monoisotopic (exact) mass is 271 g/mol. The zero-order chi connectivity index (χ0) is 13.9. The van der Waals surface area contributed by atoms with Gasteiger partial charge in [-0.1, -0.05) is 0 Å². The van der Waals surface area contributed by atoms with Crippen LogP contribution in [0.5, 0.6) is 5.75 Å². The van der Waals surface area contributed by atoms with Crippen molar-refractivity contribution in [1.82, 2.24) is 5.32 Å². The molecular formula is C16H17NO3. The predicted octanol–water partition coefficient (Wildman–Crippen LogP) is 3.93. The molecule has 1 aliphatic heterocycles. The summed E-state index contributed by atoms with van der Waals surface area (Å²) in [4.78, 5) is 0. The van der Waals surface area contributed by atoms with Crippen LogP contribution in [-0.4, -0.2) is 11.7 Å². The molecule has 3 heterocycles. The average molecular weight is 271 g/mol. The van der Waals surface area contributed by atoms with Gasteiger partial charge in [-0.05, 0) is 45.4 Å². The second kappa shape index (κ2) is 4.03. The van der Waals surface area contributed by atoms with Crippen LogP contribution in [0.25, 0.3) is 21.9 Å². The largest absolute Gasteiger partial charge is 0.504 e. The minimum absolute atomic E-state index is 0.182. The molecule has 0 aliphatic carbocycles. The fraction of sp³-hybridized carbons (Fsp3) is 0.375. The van der Waals surface area contributed by atoms with Gasteiger partial charge in [0.25, 0.3) is 0 Å². The number of fused-ring (bicyclic) bond motifs is 2. The maximum absolute atomic E-state index is 10.4. The minimum atomic E-state index is 0.182. The van der Waals surface area contributed by atoms with Crippen molar-refractivity contribution < 1.29 is 13.9 Å². The van der Waals surface area contributed by atoms with E-state index in [9.17, 15) is 5.11 Å². The third-order valence-corrected chi connectivity index (χ3v) is 4.12. The van der Waals surface area contributed by atoms with E-state index in [1.165, 1.54) is 0 Å². The fourth-order valence-corrected chi connectivity index (χ4v) is 3.30. The lowest BCUT2D eigenvalue weighted by Gasteiger charge is -2.13. The first-order valence-electron chi connectivity index (χ1n) is 7.03. The molecule has 0 bridgehead atoms. The van der Waals surface area contributed by atoms with E-state index in [2.05, 4.69) is 5.32 Å². The van der Waals surface area contributed by atoms with Crippen molar-refractivity contribution >= 4 is 21.9 Å². The summed E-state index contributed by atoms with van der Waals surface area (Å²) < 4.78 is 11.6. The van der Waals surface area contributed by atoms with Gasteiger partial charge in [-0.3, -0.25) is 0 Å². The predicted molar refractivity (Wildman–Crippen MR) is 77.1 cm³/mol. The highest BCUT2D eigenvalue weighted by Crippen LogP contribution is 2.44. The van der Waals surface area contributed by atoms with Crippen molar-refractivity contribution in [2.75, 3.05) is 6.54 Å². The molecule has 0 amide bonds. The summed E-state index contributed by atoms with van der Waals surface area (Å²) in [6, 6.07) is 4.13. The Kier molecular flexibility index (Phi) is 2.39. The first-order valence-corrected chi connectivity index (χ1v) is 7.03. The van der Waals surface area contributed by atoms with Crippen LogP contribution in [0, 0.1) is 13.8 Å². The Labute approximate surface area is 116 Å². The lowest BCUT2D eigenvalue weighted by atomic mass is 9.98. The number of aromatic hydroxyl groups is 1. The van der Waals surface area contributed by atoms with E-state index in [-0.39, 0.29) is 11.8 Å². The summed E-state index contributed by atoms with van der Waals surface area (Å²) in [5, 5.41) is 15.6. The minimum Gasteiger partial charge on any atom is -0.504 e. The number of hydrogen-bond acceptors (Lipinski definition) is 4. The molecule has 1 fully saturated rings. The van der Waals surface area contributed by atoms with Gasteiger partial charge in [-0.25, -0.2) is 0 Å². The highest BCUT2D eigenvalue weighted by atomic mass is 16.4. The highest BCUT2D eigenvalue weighted by molar-refractivity contribution is 6.04. The molecule has 4 rings (SSSR count). The molecule has 2 aromatic heterocycles. The van der Waals surface area contributed by atoms with Crippen LogP contribution in [0.2, 0.25) is 0 Å². The van der Waals surface area contributed by atoms with Gasteiger partial charge in [0, 0.05) is 17.0 Å². The van der Waals surface area contributed by atoms with Crippen LogP contribution in [0.4, 0.5) is 0 Å². The first kappa shape index (κ1) is 11.9. The molecular weight excluding hydrogens is 254 g/mol. The van der Waals surface area contributed by atoms with Crippen molar-refractivity contribution in [3.63, 3.8) is 0 Å². The lowest BCUT2D eigenvalue weighted by Crippen LogP contribution is -2.13. The summed E-state index contributed by atoms with van der Waals surface area (Å²) >= 11 is 0. The second-order valence-electron chi connectivity index (χ2n) is 5.61. The molecule has 4 heteroatoms. The fourth-order valence-electron chi connectivity index (χ4n) is 3.30. The van der Waals surface area contributed by atoms with Crippen molar-refractivity contribution in [3.05, 3.63) is 29.2 Å². The normalized spacial score (nSPS) is 19.4. The molecule has 104 valence electrons. The Bertz CT molecular complexity index is 748. The number of phenols is 1. The van der Waals surface area contributed by atoms with Gasteiger partial charge in [0.1, 0.15) is 17.1 Å². The van der Waals surface area contributed by atoms with Crippen molar-refractivity contribution in [2.45, 2.75) is 32.7 Å². The molecule has 0 saturated carbocycles. The van der Waals surface area contributed by atoms with Gasteiger partial charge in [0.05, 0.1) is 5.39 Å². The maximum atomic E-state index is 10.4. The SMILES string of the molecule is Cc1cc2c(C3CCCN3)c3oc(C)cc3c(O)c2o1. The Morgan fingerprint density at radius 1 is 1.10 bits per heavy atom. The van der Waals surface area contributed by atoms with E-state index >= 15 is 0 Å². The summed E-state index contributed by atoms with van der Waals surface area (Å²) in [6.45, 7) is 4.82. The van der Waals surface area contributed by atoms with Gasteiger partial charge < -0.3 is 19.3 Å². The Morgan fingerprint density at radius 2 is 1.80 bits per heavy atom. The molecule has 4 nitrogen and oxygen atoms in total. The molecule has 1 unspecified atom stereocenters. The number of aryl methyl sites for hydroxylation is 2. The number of hydrogen-bond donors (Lipinski definition) is 2. The first-order chi connectivity index (χ1) is 9.65. The van der Waals surface area contributed by atoms with Crippen LogP contribution < -0.4 is 5.32 Å². The van der Waals surface area contributed by atoms with Gasteiger partial charge >= 0.3 is 0 Å². The second-order valence-corrected chi connectivity index (χ2v) is 5.61. The topological polar surface area (TPSA) is 58.5 Å². The van der Waals surface area contributed by atoms with Crippen LogP contribution in [-0.2, 0) is 0 Å². The van der Waals surface area contributed by atoms with Crippen LogP contribution in [0.1, 0.15) is 36.0 Å². The van der Waals surface area contributed by atoms with E-state index in [0.29, 0.717) is 5.58 Å². The summed E-state index contributed by atoms with van der Waals surface area (Å²) in [6.07, 6.45) is 2.24. The quantitative estimate of drug-likeness (QED) is 0.704. The zero-order valence-corrected chi connectivity index (χ0v) is 11.6. The lowest BCUT2D eigenvalue weighted by molar-refractivity contribution is 0.466. The van der Waals surface area contributed by atoms with E-state index in [1.807, 2.05) is 26.0 Å². The van der Waals surface area contributed by atoms with Crippen LogP contribution >= 0.6 is 0 Å². The molecule has 1 aromatic carbocycles. The van der Waals surface area contributed by atoms with E-state index in [4.69, 9.17) is 8.83 Å². The van der Waals surface area contributed by atoms with Gasteiger partial charge in [0.2, 0.25) is 0 Å². The van der Waals surface area contributed by atoms with E-state index in [1.54, 1.807) is 0 Å². The summed E-state index contributed by atoms with van der Waals surface area (Å²) in [7, 11) is 0. The van der Waals surface area contributed by atoms with Gasteiger partial charge in [-0.15, -0.1) is 0 Å². The van der Waals surface area contributed by atoms with Crippen molar-refractivity contribution in [1.29, 1.82) is 0 Å². The number of benzene rings is 1. The molecule has 3 aromatic rings. The highest BCUT2D eigenvalue weighted by Gasteiger charge is 2.27. The van der Waals surface area contributed by atoms with Crippen LogP contribution in [0.3, 0.4) is 0 Å². The summed E-state index contributed by atoms with van der Waals surface area (Å²) in [5.74, 6) is 1.79. The molecule has 1 saturated heterocycles. The third kappa shape index (κ3) is 1.51. The zero-order valence-electron chi connectivity index (χ0n) is 11.6. The van der Waals surface area contributed by atoms with Crippen LogP contribution in [0.15, 0.2) is 21.0 Å². The molecule has 2 N–H and O–H groups in total. The molecule has 1 atom stereocenters. The molecule has 1 aliphatic rings. The average Bonchev–Trinajstić information content (AvgIpc) is 3.09. The third-order valence-electron chi connectivity index (χ3n) is 4.12. The number of phenolic OH excluding ortho intramolecular Hbond substituents is 1. The smallest absolute Gasteiger partial charge is 0.177 e. The number of nitrogens with one attached hydrogen (secondary N) is 1. The Balaban J connectivity index is 2.16. The molecule has 0 spiro atoms. The van der Waals surface area contributed by atoms with E-state index < -0.39 is 0 Å².